The van der Waals surface area contributed by atoms with E-state index in [1.54, 1.807) is 31.5 Å². The standard InChI is InChI=1S/C19H31N3O3/c1-12-8-9-22(17(23)20-12)15-10-14(11-25-18(3,4)5)16(13(15)2)21-19(6,7)24/h8-10,13,15-16,21,24H,11H2,1-7H3/t13-,15?,16-/m1/s1. The molecule has 0 bridgehead atoms. The summed E-state index contributed by atoms with van der Waals surface area (Å²) in [4.78, 5) is 16.3. The molecule has 0 saturated carbocycles. The van der Waals surface area contributed by atoms with Gasteiger partial charge in [-0.05, 0) is 59.1 Å². The van der Waals surface area contributed by atoms with E-state index >= 15 is 0 Å². The molecule has 1 aromatic heterocycles. The second-order valence-corrected chi connectivity index (χ2v) is 8.43. The first-order valence-corrected chi connectivity index (χ1v) is 8.78. The fraction of sp³-hybridized carbons (Fsp3) is 0.684. The highest BCUT2D eigenvalue weighted by molar-refractivity contribution is 5.25. The van der Waals surface area contributed by atoms with Crippen LogP contribution < -0.4 is 11.0 Å². The van der Waals surface area contributed by atoms with Crippen LogP contribution in [0.3, 0.4) is 0 Å². The highest BCUT2D eigenvalue weighted by atomic mass is 16.5. The van der Waals surface area contributed by atoms with Gasteiger partial charge in [-0.3, -0.25) is 9.88 Å². The van der Waals surface area contributed by atoms with Crippen LogP contribution in [0, 0.1) is 12.8 Å². The fourth-order valence-electron chi connectivity index (χ4n) is 3.11. The largest absolute Gasteiger partial charge is 0.376 e. The Labute approximate surface area is 149 Å². The third-order valence-corrected chi connectivity index (χ3v) is 4.32. The molecule has 0 radical (unpaired) electrons. The minimum atomic E-state index is -1.02. The van der Waals surface area contributed by atoms with E-state index in [9.17, 15) is 9.90 Å². The summed E-state index contributed by atoms with van der Waals surface area (Å²) in [6.07, 6.45) is 3.86. The summed E-state index contributed by atoms with van der Waals surface area (Å²) in [5.74, 6) is 0.0761. The zero-order valence-corrected chi connectivity index (χ0v) is 16.3. The minimum absolute atomic E-state index is 0.0761. The van der Waals surface area contributed by atoms with Gasteiger partial charge in [-0.1, -0.05) is 13.0 Å². The van der Waals surface area contributed by atoms with Gasteiger partial charge < -0.3 is 9.84 Å². The average Bonchev–Trinajstić information content (AvgIpc) is 2.72. The average molecular weight is 349 g/mol. The first-order chi connectivity index (χ1) is 11.4. The Balaban J connectivity index is 2.34. The Kier molecular flexibility index (Phi) is 5.56. The minimum Gasteiger partial charge on any atom is -0.376 e. The van der Waals surface area contributed by atoms with Gasteiger partial charge in [-0.25, -0.2) is 4.79 Å². The quantitative estimate of drug-likeness (QED) is 0.629. The van der Waals surface area contributed by atoms with E-state index in [4.69, 9.17) is 4.74 Å². The molecule has 0 aromatic carbocycles. The van der Waals surface area contributed by atoms with Gasteiger partial charge in [0.05, 0.1) is 18.2 Å². The van der Waals surface area contributed by atoms with E-state index in [0.29, 0.717) is 12.3 Å². The Hall–Kier alpha value is -1.50. The van der Waals surface area contributed by atoms with Gasteiger partial charge in [0.2, 0.25) is 0 Å². The van der Waals surface area contributed by atoms with Gasteiger partial charge in [0.1, 0.15) is 5.72 Å². The van der Waals surface area contributed by atoms with Crippen molar-refractivity contribution in [3.8, 4) is 0 Å². The molecule has 1 aliphatic carbocycles. The monoisotopic (exact) mass is 349 g/mol. The number of hydrogen-bond donors (Lipinski definition) is 2. The molecule has 1 aromatic rings. The summed E-state index contributed by atoms with van der Waals surface area (Å²) in [7, 11) is 0. The van der Waals surface area contributed by atoms with Gasteiger partial charge in [0.15, 0.2) is 0 Å². The number of ether oxygens (including phenoxy) is 1. The zero-order chi connectivity index (χ0) is 19.0. The van der Waals surface area contributed by atoms with Gasteiger partial charge >= 0.3 is 5.69 Å². The third kappa shape index (κ3) is 5.23. The predicted molar refractivity (Wildman–Crippen MR) is 98.4 cm³/mol. The molecule has 2 N–H and O–H groups in total. The highest BCUT2D eigenvalue weighted by Gasteiger charge is 2.38. The lowest BCUT2D eigenvalue weighted by molar-refractivity contribution is 0.000988. The van der Waals surface area contributed by atoms with Crippen molar-refractivity contribution in [2.45, 2.75) is 71.9 Å². The van der Waals surface area contributed by atoms with Gasteiger partial charge in [-0.15, -0.1) is 0 Å². The Morgan fingerprint density at radius 1 is 1.32 bits per heavy atom. The predicted octanol–water partition coefficient (Wildman–Crippen LogP) is 2.17. The molecule has 2 rings (SSSR count). The van der Waals surface area contributed by atoms with Crippen LogP contribution in [0.25, 0.3) is 0 Å². The summed E-state index contributed by atoms with van der Waals surface area (Å²) in [5.41, 5.74) is 0.211. The number of aliphatic hydroxyl groups is 1. The second kappa shape index (κ2) is 7.02. The number of nitrogens with one attached hydrogen (secondary N) is 1. The van der Waals surface area contributed by atoms with Crippen molar-refractivity contribution >= 4 is 0 Å². The first-order valence-electron chi connectivity index (χ1n) is 8.78. The molecule has 0 amide bonds. The van der Waals surface area contributed by atoms with Gasteiger partial charge in [0, 0.05) is 17.9 Å². The Morgan fingerprint density at radius 3 is 2.48 bits per heavy atom. The smallest absolute Gasteiger partial charge is 0.348 e. The van der Waals surface area contributed by atoms with Gasteiger partial charge in [-0.2, -0.15) is 4.98 Å². The summed E-state index contributed by atoms with van der Waals surface area (Å²) < 4.78 is 7.60. The third-order valence-electron chi connectivity index (χ3n) is 4.32. The van der Waals surface area contributed by atoms with E-state index in [1.807, 2.05) is 26.8 Å². The summed E-state index contributed by atoms with van der Waals surface area (Å²) in [5, 5.41) is 13.5. The van der Waals surface area contributed by atoms with E-state index in [1.165, 1.54) is 0 Å². The number of hydrogen-bond acceptors (Lipinski definition) is 5. The normalized spacial score (nSPS) is 24.5. The lowest BCUT2D eigenvalue weighted by Gasteiger charge is -2.32. The van der Waals surface area contributed by atoms with Crippen molar-refractivity contribution in [3.63, 3.8) is 0 Å². The molecule has 1 unspecified atom stereocenters. The van der Waals surface area contributed by atoms with Crippen LogP contribution in [0.4, 0.5) is 0 Å². The number of rotatable bonds is 5. The van der Waals surface area contributed by atoms with Crippen molar-refractivity contribution in [2.75, 3.05) is 6.61 Å². The summed E-state index contributed by atoms with van der Waals surface area (Å²) in [6.45, 7) is 13.8. The molecule has 6 heteroatoms. The maximum absolute atomic E-state index is 12.3. The highest BCUT2D eigenvalue weighted by Crippen LogP contribution is 2.35. The van der Waals surface area contributed by atoms with E-state index in [0.717, 1.165) is 5.57 Å². The maximum atomic E-state index is 12.3. The number of allylic oxidation sites excluding steroid dienone is 1. The maximum Gasteiger partial charge on any atom is 0.348 e. The van der Waals surface area contributed by atoms with Crippen molar-refractivity contribution in [1.82, 2.24) is 14.9 Å². The van der Waals surface area contributed by atoms with Crippen molar-refractivity contribution in [1.29, 1.82) is 0 Å². The van der Waals surface area contributed by atoms with Crippen LogP contribution in [-0.2, 0) is 4.74 Å². The SMILES string of the molecule is Cc1ccn(C2C=C(COC(C)(C)C)[C@H](NC(C)(C)O)[C@@H]2C)c(=O)n1. The van der Waals surface area contributed by atoms with Crippen molar-refractivity contribution in [2.24, 2.45) is 5.92 Å². The molecule has 1 aliphatic rings. The second-order valence-electron chi connectivity index (χ2n) is 8.43. The number of aromatic nitrogens is 2. The van der Waals surface area contributed by atoms with Crippen molar-refractivity contribution in [3.05, 3.63) is 40.1 Å². The number of aryl methyl sites for hydroxylation is 1. The van der Waals surface area contributed by atoms with E-state index < -0.39 is 5.72 Å². The number of nitrogens with zero attached hydrogens (tertiary/aromatic N) is 2. The molecule has 140 valence electrons. The molecular weight excluding hydrogens is 318 g/mol. The molecule has 0 saturated heterocycles. The summed E-state index contributed by atoms with van der Waals surface area (Å²) in [6, 6.07) is 1.63. The molecule has 0 fully saturated rings. The molecule has 25 heavy (non-hydrogen) atoms. The summed E-state index contributed by atoms with van der Waals surface area (Å²) >= 11 is 0. The zero-order valence-electron chi connectivity index (χ0n) is 16.3. The van der Waals surface area contributed by atoms with Crippen LogP contribution in [0.5, 0.6) is 0 Å². The lowest BCUT2D eigenvalue weighted by atomic mass is 9.97. The van der Waals surface area contributed by atoms with Crippen molar-refractivity contribution < 1.29 is 9.84 Å². The van der Waals surface area contributed by atoms with Crippen LogP contribution in [0.1, 0.15) is 53.3 Å². The molecule has 0 aliphatic heterocycles. The first kappa shape index (κ1) is 19.8. The van der Waals surface area contributed by atoms with E-state index in [-0.39, 0.29) is 29.3 Å². The molecule has 1 heterocycles. The molecule has 0 spiro atoms. The van der Waals surface area contributed by atoms with Crippen LogP contribution >= 0.6 is 0 Å². The topological polar surface area (TPSA) is 76.4 Å². The Bertz CT molecular complexity index is 695. The fourth-order valence-corrected chi connectivity index (χ4v) is 3.11. The van der Waals surface area contributed by atoms with Crippen LogP contribution in [-0.4, -0.2) is 38.6 Å². The Morgan fingerprint density at radius 2 is 1.96 bits per heavy atom. The van der Waals surface area contributed by atoms with Crippen LogP contribution in [0.15, 0.2) is 28.7 Å². The molecule has 3 atom stereocenters. The molecular formula is C19H31N3O3. The van der Waals surface area contributed by atoms with Crippen LogP contribution in [0.2, 0.25) is 0 Å². The molecule has 6 nitrogen and oxygen atoms in total. The lowest BCUT2D eigenvalue weighted by Crippen LogP contribution is -2.49. The van der Waals surface area contributed by atoms with E-state index in [2.05, 4.69) is 23.3 Å². The van der Waals surface area contributed by atoms with Gasteiger partial charge in [0.25, 0.3) is 0 Å².